The Morgan fingerprint density at radius 2 is 2.45 bits per heavy atom. The highest BCUT2D eigenvalue weighted by Gasteiger charge is 2.25. The van der Waals surface area contributed by atoms with Crippen molar-refractivity contribution in [3.05, 3.63) is 17.5 Å². The molecule has 2 aromatic heterocycles. The molecule has 20 heavy (non-hydrogen) atoms. The zero-order valence-corrected chi connectivity index (χ0v) is 10.8. The summed E-state index contributed by atoms with van der Waals surface area (Å²) in [5.41, 5.74) is 0. The van der Waals surface area contributed by atoms with Crippen LogP contribution in [-0.2, 0) is 0 Å². The Morgan fingerprint density at radius 3 is 3.15 bits per heavy atom. The molecule has 3 rings (SSSR count). The van der Waals surface area contributed by atoms with Crippen LogP contribution < -0.4 is 10.6 Å². The second kappa shape index (κ2) is 5.33. The molecule has 2 aromatic rings. The summed E-state index contributed by atoms with van der Waals surface area (Å²) in [4.78, 5) is 16.1. The molecule has 1 amide bonds. The fraction of sp³-hybridized carbons (Fsp3) is 0.600. The normalized spacial score (nSPS) is 19.9. The van der Waals surface area contributed by atoms with Crippen molar-refractivity contribution in [2.75, 3.05) is 6.54 Å². The van der Waals surface area contributed by atoms with Crippen molar-refractivity contribution < 1.29 is 9.32 Å². The molecule has 0 aliphatic carbocycles. The first-order valence-corrected chi connectivity index (χ1v) is 6.35. The maximum Gasteiger partial charge on any atom is 0.293 e. The lowest BCUT2D eigenvalue weighted by Gasteiger charge is -2.06. The Balaban J connectivity index is 1.65. The largest absolute Gasteiger partial charge is 0.339 e. The minimum absolute atomic E-state index is 0.00375. The molecule has 1 fully saturated rings. The third-order valence-electron chi connectivity index (χ3n) is 3.10. The summed E-state index contributed by atoms with van der Waals surface area (Å²) in [7, 11) is 0. The number of nitrogens with zero attached hydrogens (tertiary/aromatic N) is 5. The van der Waals surface area contributed by atoms with E-state index in [1.807, 2.05) is 0 Å². The monoisotopic (exact) mass is 278 g/mol. The highest BCUT2D eigenvalue weighted by molar-refractivity contribution is 5.90. The van der Waals surface area contributed by atoms with Crippen LogP contribution in [0.4, 0.5) is 0 Å². The third kappa shape index (κ3) is 2.50. The standard InChI is InChI=1S/C10H14N8O2/c1-5(7-14-17-18-15-7)12-9(19)8-13-10(20-16-8)6-3-2-4-11-6/h5-6,11H,2-4H2,1H3,(H,12,19)(H,14,15,17,18). The van der Waals surface area contributed by atoms with Crippen molar-refractivity contribution in [2.24, 2.45) is 0 Å². The first kappa shape index (κ1) is 12.7. The summed E-state index contributed by atoms with van der Waals surface area (Å²) in [6.45, 7) is 2.66. The van der Waals surface area contributed by atoms with Gasteiger partial charge in [0.25, 0.3) is 11.7 Å². The average Bonchev–Trinajstić information content (AvgIpc) is 3.19. The lowest BCUT2D eigenvalue weighted by Crippen LogP contribution is -2.28. The number of nitrogens with one attached hydrogen (secondary N) is 3. The number of aromatic amines is 1. The lowest BCUT2D eigenvalue weighted by atomic mass is 10.2. The van der Waals surface area contributed by atoms with Crippen LogP contribution >= 0.6 is 0 Å². The number of rotatable bonds is 4. The van der Waals surface area contributed by atoms with Gasteiger partial charge < -0.3 is 15.2 Å². The number of tetrazole rings is 1. The minimum atomic E-state index is -0.435. The van der Waals surface area contributed by atoms with Gasteiger partial charge in [-0.2, -0.15) is 10.2 Å². The van der Waals surface area contributed by atoms with E-state index in [-0.39, 0.29) is 11.9 Å². The topological polar surface area (TPSA) is 135 Å². The maximum absolute atomic E-state index is 12.0. The molecule has 2 unspecified atom stereocenters. The minimum Gasteiger partial charge on any atom is -0.339 e. The van der Waals surface area contributed by atoms with Crippen molar-refractivity contribution in [3.8, 4) is 0 Å². The van der Waals surface area contributed by atoms with E-state index < -0.39 is 11.9 Å². The number of hydrogen-bond acceptors (Lipinski definition) is 8. The second-order valence-electron chi connectivity index (χ2n) is 4.57. The van der Waals surface area contributed by atoms with E-state index in [9.17, 15) is 4.79 Å². The van der Waals surface area contributed by atoms with Gasteiger partial charge in [0, 0.05) is 0 Å². The number of carbonyl (C=O) groups excluding carboxylic acids is 1. The molecule has 1 aliphatic rings. The molecule has 1 aliphatic heterocycles. The van der Waals surface area contributed by atoms with E-state index in [1.165, 1.54) is 0 Å². The Bertz CT molecular complexity index is 574. The first-order valence-electron chi connectivity index (χ1n) is 6.35. The number of amides is 1. The van der Waals surface area contributed by atoms with Gasteiger partial charge in [0.05, 0.1) is 12.1 Å². The molecular weight excluding hydrogens is 264 g/mol. The van der Waals surface area contributed by atoms with Gasteiger partial charge in [-0.15, -0.1) is 10.2 Å². The van der Waals surface area contributed by atoms with Crippen molar-refractivity contribution in [1.82, 2.24) is 41.4 Å². The molecular formula is C10H14N8O2. The van der Waals surface area contributed by atoms with E-state index >= 15 is 0 Å². The van der Waals surface area contributed by atoms with E-state index in [4.69, 9.17) is 4.52 Å². The van der Waals surface area contributed by atoms with Crippen molar-refractivity contribution in [3.63, 3.8) is 0 Å². The summed E-state index contributed by atoms with van der Waals surface area (Å²) in [6, 6.07) is -0.355. The van der Waals surface area contributed by atoms with Gasteiger partial charge >= 0.3 is 0 Å². The van der Waals surface area contributed by atoms with Gasteiger partial charge in [-0.05, 0) is 26.3 Å². The average molecular weight is 278 g/mol. The Labute approximate surface area is 113 Å². The molecule has 0 spiro atoms. The summed E-state index contributed by atoms with van der Waals surface area (Å²) < 4.78 is 5.11. The van der Waals surface area contributed by atoms with E-state index in [0.29, 0.717) is 11.7 Å². The molecule has 0 radical (unpaired) electrons. The van der Waals surface area contributed by atoms with Crippen molar-refractivity contribution in [1.29, 1.82) is 0 Å². The van der Waals surface area contributed by atoms with Crippen molar-refractivity contribution >= 4 is 5.91 Å². The van der Waals surface area contributed by atoms with Gasteiger partial charge in [0.2, 0.25) is 5.89 Å². The Hall–Kier alpha value is -2.36. The van der Waals surface area contributed by atoms with Crippen LogP contribution in [-0.4, -0.2) is 43.2 Å². The van der Waals surface area contributed by atoms with Gasteiger partial charge in [-0.3, -0.25) is 4.79 Å². The highest BCUT2D eigenvalue weighted by Crippen LogP contribution is 2.21. The quantitative estimate of drug-likeness (QED) is 0.681. The van der Waals surface area contributed by atoms with Gasteiger partial charge in [0.15, 0.2) is 5.82 Å². The Morgan fingerprint density at radius 1 is 1.55 bits per heavy atom. The first-order chi connectivity index (χ1) is 9.74. The molecule has 0 bridgehead atoms. The van der Waals surface area contributed by atoms with Gasteiger partial charge in [0.1, 0.15) is 0 Å². The zero-order valence-electron chi connectivity index (χ0n) is 10.8. The van der Waals surface area contributed by atoms with Crippen LogP contribution in [0.5, 0.6) is 0 Å². The molecule has 1 saturated heterocycles. The highest BCUT2D eigenvalue weighted by atomic mass is 16.5. The molecule has 0 saturated carbocycles. The van der Waals surface area contributed by atoms with Crippen LogP contribution in [0.15, 0.2) is 4.52 Å². The lowest BCUT2D eigenvalue weighted by molar-refractivity contribution is 0.0924. The molecule has 2 atom stereocenters. The third-order valence-corrected chi connectivity index (χ3v) is 3.10. The molecule has 0 aromatic carbocycles. The SMILES string of the molecule is CC(NC(=O)c1noc(C2CCCN2)n1)c1nn[nH]n1. The molecule has 10 nitrogen and oxygen atoms in total. The summed E-state index contributed by atoms with van der Waals surface area (Å²) in [5, 5.41) is 22.9. The molecule has 3 N–H and O–H groups in total. The number of aromatic nitrogens is 6. The molecule has 3 heterocycles. The zero-order chi connectivity index (χ0) is 13.9. The summed E-state index contributed by atoms with van der Waals surface area (Å²) in [6.07, 6.45) is 1.99. The number of carbonyl (C=O) groups is 1. The summed E-state index contributed by atoms with van der Waals surface area (Å²) >= 11 is 0. The fourth-order valence-electron chi connectivity index (χ4n) is 2.04. The second-order valence-corrected chi connectivity index (χ2v) is 4.57. The van der Waals surface area contributed by atoms with E-state index in [0.717, 1.165) is 19.4 Å². The van der Waals surface area contributed by atoms with Crippen LogP contribution in [0.25, 0.3) is 0 Å². The smallest absolute Gasteiger partial charge is 0.293 e. The predicted molar refractivity (Wildman–Crippen MR) is 64.3 cm³/mol. The van der Waals surface area contributed by atoms with Gasteiger partial charge in [-0.1, -0.05) is 10.4 Å². The van der Waals surface area contributed by atoms with Crippen LogP contribution in [0, 0.1) is 0 Å². The summed E-state index contributed by atoms with van der Waals surface area (Å²) in [5.74, 6) is 0.402. The van der Waals surface area contributed by atoms with Crippen LogP contribution in [0.3, 0.4) is 0 Å². The maximum atomic E-state index is 12.0. The predicted octanol–water partition coefficient (Wildman–Crippen LogP) is -0.502. The number of H-pyrrole nitrogens is 1. The van der Waals surface area contributed by atoms with Crippen LogP contribution in [0.2, 0.25) is 0 Å². The van der Waals surface area contributed by atoms with Crippen LogP contribution in [0.1, 0.15) is 54.2 Å². The molecule has 106 valence electrons. The van der Waals surface area contributed by atoms with E-state index in [1.54, 1.807) is 6.92 Å². The molecule has 10 heteroatoms. The fourth-order valence-corrected chi connectivity index (χ4v) is 2.04. The Kier molecular flexibility index (Phi) is 3.37. The van der Waals surface area contributed by atoms with Crippen molar-refractivity contribution in [2.45, 2.75) is 31.8 Å². The van der Waals surface area contributed by atoms with E-state index in [2.05, 4.69) is 41.4 Å². The number of hydrogen-bond donors (Lipinski definition) is 3. The van der Waals surface area contributed by atoms with Gasteiger partial charge in [-0.25, -0.2) is 0 Å².